The lowest BCUT2D eigenvalue weighted by Crippen LogP contribution is -2.07. The van der Waals surface area contributed by atoms with Gasteiger partial charge in [0.15, 0.2) is 5.16 Å². The lowest BCUT2D eigenvalue weighted by Gasteiger charge is -2.11. The molecule has 0 unspecified atom stereocenters. The van der Waals surface area contributed by atoms with E-state index in [2.05, 4.69) is 30.2 Å². The molecule has 3 heterocycles. The standard InChI is InChI=1S/C20H18N6O2S2/c1-12(27)21-14-4-2-5-15(10-14)26-19(13-7-8-13)23-24-20(26)30-11-17-22-18(25-28-17)16-6-3-9-29-16/h2-6,9-10,13H,7-8,11H2,1H3,(H,21,27). The van der Waals surface area contributed by atoms with E-state index < -0.39 is 0 Å². The third-order valence-electron chi connectivity index (χ3n) is 4.56. The van der Waals surface area contributed by atoms with Gasteiger partial charge in [0, 0.05) is 18.5 Å². The molecule has 1 aliphatic carbocycles. The van der Waals surface area contributed by atoms with Crippen LogP contribution in [0, 0.1) is 0 Å². The van der Waals surface area contributed by atoms with Crippen LogP contribution in [0.25, 0.3) is 16.4 Å². The van der Waals surface area contributed by atoms with Gasteiger partial charge in [0.25, 0.3) is 0 Å². The lowest BCUT2D eigenvalue weighted by atomic mass is 10.2. The molecule has 1 saturated carbocycles. The first kappa shape index (κ1) is 19.0. The molecule has 0 spiro atoms. The zero-order valence-corrected chi connectivity index (χ0v) is 17.7. The van der Waals surface area contributed by atoms with Gasteiger partial charge in [0.2, 0.25) is 17.6 Å². The van der Waals surface area contributed by atoms with Crippen molar-refractivity contribution in [3.63, 3.8) is 0 Å². The number of benzene rings is 1. The summed E-state index contributed by atoms with van der Waals surface area (Å²) in [7, 11) is 0. The van der Waals surface area contributed by atoms with Crippen molar-refractivity contribution in [2.75, 3.05) is 5.32 Å². The third-order valence-corrected chi connectivity index (χ3v) is 6.34. The fraction of sp³-hybridized carbons (Fsp3) is 0.250. The molecule has 0 saturated heterocycles. The Morgan fingerprint density at radius 3 is 2.97 bits per heavy atom. The van der Waals surface area contributed by atoms with Crippen molar-refractivity contribution in [3.05, 3.63) is 53.5 Å². The Hall–Kier alpha value is -2.98. The van der Waals surface area contributed by atoms with E-state index in [9.17, 15) is 4.79 Å². The Labute approximate surface area is 180 Å². The summed E-state index contributed by atoms with van der Waals surface area (Å²) < 4.78 is 7.46. The Bertz CT molecular complexity index is 1180. The van der Waals surface area contributed by atoms with Gasteiger partial charge in [-0.15, -0.1) is 21.5 Å². The van der Waals surface area contributed by atoms with Gasteiger partial charge in [-0.2, -0.15) is 4.98 Å². The van der Waals surface area contributed by atoms with Crippen LogP contribution in [0.2, 0.25) is 0 Å². The Kier molecular flexibility index (Phi) is 5.09. The van der Waals surface area contributed by atoms with Crippen LogP contribution in [0.5, 0.6) is 0 Å². The zero-order valence-electron chi connectivity index (χ0n) is 16.1. The summed E-state index contributed by atoms with van der Waals surface area (Å²) >= 11 is 3.07. The van der Waals surface area contributed by atoms with Crippen LogP contribution in [0.3, 0.4) is 0 Å². The highest BCUT2D eigenvalue weighted by molar-refractivity contribution is 7.98. The van der Waals surface area contributed by atoms with Crippen molar-refractivity contribution in [2.45, 2.75) is 36.6 Å². The molecule has 5 rings (SSSR count). The van der Waals surface area contributed by atoms with E-state index in [0.717, 1.165) is 40.1 Å². The van der Waals surface area contributed by atoms with E-state index in [1.165, 1.54) is 18.7 Å². The predicted octanol–water partition coefficient (Wildman–Crippen LogP) is 4.51. The fourth-order valence-electron chi connectivity index (χ4n) is 3.09. The molecule has 1 aliphatic rings. The minimum atomic E-state index is -0.106. The Balaban J connectivity index is 1.40. The monoisotopic (exact) mass is 438 g/mol. The third kappa shape index (κ3) is 4.01. The van der Waals surface area contributed by atoms with Gasteiger partial charge in [0.1, 0.15) is 5.82 Å². The van der Waals surface area contributed by atoms with Crippen LogP contribution >= 0.6 is 23.1 Å². The quantitative estimate of drug-likeness (QED) is 0.424. The maximum absolute atomic E-state index is 11.4. The molecule has 0 atom stereocenters. The number of thiophene rings is 1. The molecule has 0 aliphatic heterocycles. The van der Waals surface area contributed by atoms with E-state index in [1.54, 1.807) is 11.3 Å². The van der Waals surface area contributed by atoms with E-state index in [4.69, 9.17) is 4.52 Å². The summed E-state index contributed by atoms with van der Waals surface area (Å²) in [5.41, 5.74) is 1.66. The average Bonchev–Trinajstić information content (AvgIpc) is 3.14. The number of hydrogen-bond acceptors (Lipinski definition) is 8. The zero-order chi connectivity index (χ0) is 20.5. The average molecular weight is 439 g/mol. The van der Waals surface area contributed by atoms with Crippen LogP contribution in [0.1, 0.15) is 37.4 Å². The number of thioether (sulfide) groups is 1. The number of amides is 1. The second-order valence-corrected chi connectivity index (χ2v) is 8.85. The van der Waals surface area contributed by atoms with Gasteiger partial charge >= 0.3 is 0 Å². The van der Waals surface area contributed by atoms with Crippen LogP contribution in [0.15, 0.2) is 51.5 Å². The second kappa shape index (κ2) is 8.04. The second-order valence-electron chi connectivity index (χ2n) is 6.96. The van der Waals surface area contributed by atoms with Crippen molar-refractivity contribution < 1.29 is 9.32 Å². The number of carbonyl (C=O) groups excluding carboxylic acids is 1. The number of carbonyl (C=O) groups is 1. The van der Waals surface area contributed by atoms with E-state index in [0.29, 0.717) is 23.4 Å². The van der Waals surface area contributed by atoms with E-state index in [-0.39, 0.29) is 5.91 Å². The van der Waals surface area contributed by atoms with E-state index in [1.807, 2.05) is 41.8 Å². The molecule has 8 nitrogen and oxygen atoms in total. The van der Waals surface area contributed by atoms with Crippen molar-refractivity contribution >= 4 is 34.7 Å². The Morgan fingerprint density at radius 1 is 1.30 bits per heavy atom. The maximum Gasteiger partial charge on any atom is 0.237 e. The minimum absolute atomic E-state index is 0.106. The number of nitrogens with one attached hydrogen (secondary N) is 1. The molecule has 10 heteroatoms. The lowest BCUT2D eigenvalue weighted by molar-refractivity contribution is -0.114. The summed E-state index contributed by atoms with van der Waals surface area (Å²) in [5.74, 6) is 2.90. The number of nitrogens with zero attached hydrogens (tertiary/aromatic N) is 5. The van der Waals surface area contributed by atoms with Crippen LogP contribution < -0.4 is 5.32 Å². The van der Waals surface area contributed by atoms with Crippen molar-refractivity contribution in [1.82, 2.24) is 24.9 Å². The number of hydrogen-bond donors (Lipinski definition) is 1. The summed E-state index contributed by atoms with van der Waals surface area (Å²) in [6, 6.07) is 11.6. The van der Waals surface area contributed by atoms with Crippen molar-refractivity contribution in [3.8, 4) is 16.4 Å². The van der Waals surface area contributed by atoms with Gasteiger partial charge in [-0.25, -0.2) is 0 Å². The summed E-state index contributed by atoms with van der Waals surface area (Å²) in [6.45, 7) is 1.50. The van der Waals surface area contributed by atoms with Gasteiger partial charge in [-0.05, 0) is 42.5 Å². The number of anilines is 1. The topological polar surface area (TPSA) is 98.7 Å². The van der Waals surface area contributed by atoms with Gasteiger partial charge in [0.05, 0.1) is 16.3 Å². The van der Waals surface area contributed by atoms with E-state index >= 15 is 0 Å². The highest BCUT2D eigenvalue weighted by atomic mass is 32.2. The van der Waals surface area contributed by atoms with Crippen LogP contribution in [-0.2, 0) is 10.5 Å². The molecule has 1 N–H and O–H groups in total. The number of aromatic nitrogens is 5. The van der Waals surface area contributed by atoms with Crippen molar-refractivity contribution in [1.29, 1.82) is 0 Å². The smallest absolute Gasteiger partial charge is 0.237 e. The Morgan fingerprint density at radius 2 is 2.20 bits per heavy atom. The highest BCUT2D eigenvalue weighted by Gasteiger charge is 2.31. The largest absolute Gasteiger partial charge is 0.338 e. The first-order valence-corrected chi connectivity index (χ1v) is 11.4. The van der Waals surface area contributed by atoms with Crippen LogP contribution in [0.4, 0.5) is 5.69 Å². The molecule has 0 radical (unpaired) electrons. The normalized spacial score (nSPS) is 13.5. The summed E-state index contributed by atoms with van der Waals surface area (Å²) in [4.78, 5) is 16.9. The highest BCUT2D eigenvalue weighted by Crippen LogP contribution is 2.41. The maximum atomic E-state index is 11.4. The molecule has 0 bridgehead atoms. The van der Waals surface area contributed by atoms with Crippen LogP contribution in [-0.4, -0.2) is 30.8 Å². The van der Waals surface area contributed by atoms with Crippen molar-refractivity contribution in [2.24, 2.45) is 0 Å². The molecule has 3 aromatic heterocycles. The fourth-order valence-corrected chi connectivity index (χ4v) is 4.54. The molecular weight excluding hydrogens is 420 g/mol. The van der Waals surface area contributed by atoms with Gasteiger partial charge in [-0.1, -0.05) is 29.1 Å². The summed E-state index contributed by atoms with van der Waals surface area (Å²) in [6.07, 6.45) is 2.23. The SMILES string of the molecule is CC(=O)Nc1cccc(-n2c(SCc3nc(-c4cccs4)no3)nnc2C2CC2)c1. The first-order valence-electron chi connectivity index (χ1n) is 9.50. The van der Waals surface area contributed by atoms with Gasteiger partial charge in [-0.3, -0.25) is 9.36 Å². The molecular formula is C20H18N6O2S2. The molecule has 1 aromatic carbocycles. The van der Waals surface area contributed by atoms with Gasteiger partial charge < -0.3 is 9.84 Å². The molecule has 4 aromatic rings. The first-order chi connectivity index (χ1) is 14.7. The summed E-state index contributed by atoms with van der Waals surface area (Å²) in [5, 5.41) is 18.5. The molecule has 152 valence electrons. The molecule has 1 amide bonds. The molecule has 30 heavy (non-hydrogen) atoms. The minimum Gasteiger partial charge on any atom is -0.338 e. The number of rotatable bonds is 7. The molecule has 1 fully saturated rings. The predicted molar refractivity (Wildman–Crippen MR) is 115 cm³/mol.